The second kappa shape index (κ2) is 9.83. The fourth-order valence-corrected chi connectivity index (χ4v) is 4.21. The van der Waals surface area contributed by atoms with E-state index in [1.165, 1.54) is 6.07 Å². The largest absolute Gasteiger partial charge is 0.457 e. The molecule has 8 heteroatoms. The van der Waals surface area contributed by atoms with Gasteiger partial charge in [0, 0.05) is 12.1 Å². The predicted molar refractivity (Wildman–Crippen MR) is 103 cm³/mol. The third-order valence-electron chi connectivity index (χ3n) is 5.74. The van der Waals surface area contributed by atoms with E-state index in [-0.39, 0.29) is 5.92 Å². The topological polar surface area (TPSA) is 18.5 Å². The summed E-state index contributed by atoms with van der Waals surface area (Å²) in [5.74, 6) is -5.17. The van der Waals surface area contributed by atoms with E-state index in [9.17, 15) is 26.3 Å². The summed E-state index contributed by atoms with van der Waals surface area (Å²) < 4.78 is 91.8. The molecule has 31 heavy (non-hydrogen) atoms. The number of rotatable bonds is 8. The molecule has 2 aromatic rings. The van der Waals surface area contributed by atoms with Crippen LogP contribution in [0.2, 0.25) is 0 Å². The minimum Gasteiger partial charge on any atom is -0.457 e. The average Bonchev–Trinajstić information content (AvgIpc) is 2.71. The molecule has 0 unspecified atom stereocenters. The van der Waals surface area contributed by atoms with Gasteiger partial charge in [-0.3, -0.25) is 0 Å². The molecule has 1 saturated carbocycles. The SMILES string of the molecule is CCCC1CCC(c2ccc(C(F)(F)Oc3cc(F)c(OCF)c(F)c3)c(F)c2)CC1. The highest BCUT2D eigenvalue weighted by molar-refractivity contribution is 5.36. The summed E-state index contributed by atoms with van der Waals surface area (Å²) in [6.45, 7) is 0.638. The smallest absolute Gasteiger partial charge is 0.429 e. The number of hydrogen-bond donors (Lipinski definition) is 0. The van der Waals surface area contributed by atoms with Crippen LogP contribution in [0, 0.1) is 23.4 Å². The van der Waals surface area contributed by atoms with Gasteiger partial charge in [-0.2, -0.15) is 8.78 Å². The van der Waals surface area contributed by atoms with Gasteiger partial charge in [0.2, 0.25) is 6.86 Å². The molecule has 1 aliphatic carbocycles. The van der Waals surface area contributed by atoms with Gasteiger partial charge in [0.05, 0.1) is 5.56 Å². The van der Waals surface area contributed by atoms with Gasteiger partial charge in [-0.05, 0) is 55.2 Å². The number of hydrogen-bond acceptors (Lipinski definition) is 2. The summed E-state index contributed by atoms with van der Waals surface area (Å²) in [5.41, 5.74) is -0.391. The second-order valence-electron chi connectivity index (χ2n) is 7.83. The summed E-state index contributed by atoms with van der Waals surface area (Å²) >= 11 is 0. The lowest BCUT2D eigenvalue weighted by Gasteiger charge is -2.29. The minimum atomic E-state index is -4.18. The Morgan fingerprint density at radius 1 is 0.935 bits per heavy atom. The van der Waals surface area contributed by atoms with E-state index in [2.05, 4.69) is 16.4 Å². The second-order valence-corrected chi connectivity index (χ2v) is 7.83. The third kappa shape index (κ3) is 5.46. The Kier molecular flexibility index (Phi) is 7.38. The Labute approximate surface area is 177 Å². The lowest BCUT2D eigenvalue weighted by molar-refractivity contribution is -0.187. The molecule has 2 aromatic carbocycles. The quantitative estimate of drug-likeness (QED) is 0.389. The minimum absolute atomic E-state index is 0.109. The number of ether oxygens (including phenoxy) is 2. The van der Waals surface area contributed by atoms with Crippen LogP contribution in [-0.4, -0.2) is 6.86 Å². The molecule has 0 amide bonds. The molecule has 1 aliphatic rings. The van der Waals surface area contributed by atoms with E-state index in [4.69, 9.17) is 0 Å². The highest BCUT2D eigenvalue weighted by Gasteiger charge is 2.38. The molecule has 0 aliphatic heterocycles. The number of benzene rings is 2. The van der Waals surface area contributed by atoms with E-state index < -0.39 is 47.5 Å². The van der Waals surface area contributed by atoms with Crippen molar-refractivity contribution in [1.29, 1.82) is 0 Å². The van der Waals surface area contributed by atoms with Gasteiger partial charge < -0.3 is 9.47 Å². The van der Waals surface area contributed by atoms with Crippen molar-refractivity contribution >= 4 is 0 Å². The molecule has 0 N–H and O–H groups in total. The van der Waals surface area contributed by atoms with Gasteiger partial charge >= 0.3 is 6.11 Å². The van der Waals surface area contributed by atoms with Gasteiger partial charge in [-0.25, -0.2) is 17.6 Å². The summed E-state index contributed by atoms with van der Waals surface area (Å²) in [6, 6.07) is 4.30. The van der Waals surface area contributed by atoms with E-state index in [0.29, 0.717) is 23.6 Å². The van der Waals surface area contributed by atoms with Crippen molar-refractivity contribution in [2.75, 3.05) is 6.86 Å². The molecule has 0 atom stereocenters. The molecule has 170 valence electrons. The molecular formula is C23H24F6O2. The standard InChI is InChI=1S/C23H24F6O2/c1-2-3-14-4-6-15(7-5-14)16-8-9-18(19(25)10-16)23(28,29)31-17-11-20(26)22(30-13-24)21(27)12-17/h8-12,14-15H,2-7,13H2,1H3. The highest BCUT2D eigenvalue weighted by Crippen LogP contribution is 2.40. The van der Waals surface area contributed by atoms with Crippen LogP contribution < -0.4 is 9.47 Å². The molecule has 3 rings (SSSR count). The van der Waals surface area contributed by atoms with E-state index in [1.807, 2.05) is 0 Å². The highest BCUT2D eigenvalue weighted by atomic mass is 19.3. The van der Waals surface area contributed by atoms with Crippen molar-refractivity contribution in [3.63, 3.8) is 0 Å². The first-order valence-electron chi connectivity index (χ1n) is 10.3. The van der Waals surface area contributed by atoms with E-state index in [0.717, 1.165) is 50.7 Å². The average molecular weight is 446 g/mol. The Hall–Kier alpha value is -2.38. The first-order chi connectivity index (χ1) is 14.7. The fraction of sp³-hybridized carbons (Fsp3) is 0.478. The first kappa shape index (κ1) is 23.3. The van der Waals surface area contributed by atoms with Gasteiger partial charge in [0.15, 0.2) is 17.4 Å². The maximum atomic E-state index is 14.6. The molecule has 0 radical (unpaired) electrons. The molecule has 2 nitrogen and oxygen atoms in total. The molecular weight excluding hydrogens is 422 g/mol. The van der Waals surface area contributed by atoms with Crippen molar-refractivity contribution in [2.24, 2.45) is 5.92 Å². The Bertz CT molecular complexity index is 871. The monoisotopic (exact) mass is 446 g/mol. The normalized spacial score (nSPS) is 19.3. The zero-order valence-corrected chi connectivity index (χ0v) is 17.1. The molecule has 0 spiro atoms. The van der Waals surface area contributed by atoms with Crippen LogP contribution in [-0.2, 0) is 6.11 Å². The number of halogens is 6. The Morgan fingerprint density at radius 3 is 2.13 bits per heavy atom. The van der Waals surface area contributed by atoms with E-state index in [1.54, 1.807) is 0 Å². The maximum Gasteiger partial charge on any atom is 0.429 e. The zero-order valence-electron chi connectivity index (χ0n) is 17.1. The van der Waals surface area contributed by atoms with Crippen LogP contribution in [0.4, 0.5) is 26.3 Å². The van der Waals surface area contributed by atoms with Crippen molar-refractivity contribution < 1.29 is 35.8 Å². The zero-order chi connectivity index (χ0) is 22.6. The van der Waals surface area contributed by atoms with Gasteiger partial charge in [0.1, 0.15) is 11.6 Å². The molecule has 0 aromatic heterocycles. The first-order valence-corrected chi connectivity index (χ1v) is 10.3. The van der Waals surface area contributed by atoms with Gasteiger partial charge in [-0.1, -0.05) is 25.8 Å². The lowest BCUT2D eigenvalue weighted by Crippen LogP contribution is -2.24. The predicted octanol–water partition coefficient (Wildman–Crippen LogP) is 7.61. The van der Waals surface area contributed by atoms with Gasteiger partial charge in [-0.15, -0.1) is 0 Å². The van der Waals surface area contributed by atoms with Crippen molar-refractivity contribution in [1.82, 2.24) is 0 Å². The van der Waals surface area contributed by atoms with Crippen LogP contribution >= 0.6 is 0 Å². The molecule has 1 fully saturated rings. The van der Waals surface area contributed by atoms with Gasteiger partial charge in [0.25, 0.3) is 0 Å². The van der Waals surface area contributed by atoms with Crippen molar-refractivity contribution in [2.45, 2.75) is 57.5 Å². The van der Waals surface area contributed by atoms with Crippen LogP contribution in [0.5, 0.6) is 11.5 Å². The van der Waals surface area contributed by atoms with Crippen LogP contribution in [0.3, 0.4) is 0 Å². The maximum absolute atomic E-state index is 14.6. The van der Waals surface area contributed by atoms with Crippen molar-refractivity contribution in [3.05, 3.63) is 58.9 Å². The molecule has 0 heterocycles. The number of alkyl halides is 3. The van der Waals surface area contributed by atoms with E-state index >= 15 is 0 Å². The lowest BCUT2D eigenvalue weighted by atomic mass is 9.77. The van der Waals surface area contributed by atoms with Crippen LogP contribution in [0.25, 0.3) is 0 Å². The van der Waals surface area contributed by atoms with Crippen molar-refractivity contribution in [3.8, 4) is 11.5 Å². The summed E-state index contributed by atoms with van der Waals surface area (Å²) in [6.07, 6.45) is 1.91. The summed E-state index contributed by atoms with van der Waals surface area (Å²) in [5, 5.41) is 0. The fourth-order valence-electron chi connectivity index (χ4n) is 4.21. The summed E-state index contributed by atoms with van der Waals surface area (Å²) in [4.78, 5) is 0. The third-order valence-corrected chi connectivity index (χ3v) is 5.74. The van der Waals surface area contributed by atoms with Crippen LogP contribution in [0.1, 0.15) is 62.5 Å². The molecule has 0 bridgehead atoms. The summed E-state index contributed by atoms with van der Waals surface area (Å²) in [7, 11) is 0. The van der Waals surface area contributed by atoms with Crippen LogP contribution in [0.15, 0.2) is 30.3 Å². The Balaban J connectivity index is 1.75. The molecule has 0 saturated heterocycles. The Morgan fingerprint density at radius 2 is 1.58 bits per heavy atom.